The van der Waals surface area contributed by atoms with Crippen LogP contribution in [0.4, 0.5) is 5.69 Å². The fourth-order valence-corrected chi connectivity index (χ4v) is 2.26. The SMILES string of the molecule is COc1cc(N)c2ncccc2c1OCc1ccccc1. The van der Waals surface area contributed by atoms with Gasteiger partial charge in [0.15, 0.2) is 11.5 Å². The maximum atomic E-state index is 6.01. The van der Waals surface area contributed by atoms with Crippen LogP contribution < -0.4 is 15.2 Å². The molecule has 106 valence electrons. The number of ether oxygens (including phenoxy) is 2. The Hall–Kier alpha value is -2.75. The van der Waals surface area contributed by atoms with Crippen LogP contribution in [0.15, 0.2) is 54.7 Å². The van der Waals surface area contributed by atoms with Crippen molar-refractivity contribution in [3.05, 3.63) is 60.3 Å². The molecule has 0 bridgehead atoms. The summed E-state index contributed by atoms with van der Waals surface area (Å²) in [6, 6.07) is 15.5. The van der Waals surface area contributed by atoms with Crippen molar-refractivity contribution < 1.29 is 9.47 Å². The molecule has 0 amide bonds. The van der Waals surface area contributed by atoms with E-state index in [1.54, 1.807) is 19.4 Å². The Balaban J connectivity index is 2.02. The second-order valence-corrected chi connectivity index (χ2v) is 4.67. The van der Waals surface area contributed by atoms with E-state index in [0.717, 1.165) is 16.5 Å². The molecule has 0 unspecified atom stereocenters. The van der Waals surface area contributed by atoms with Crippen LogP contribution in [-0.4, -0.2) is 12.1 Å². The summed E-state index contributed by atoms with van der Waals surface area (Å²) < 4.78 is 11.4. The van der Waals surface area contributed by atoms with Crippen LogP contribution >= 0.6 is 0 Å². The van der Waals surface area contributed by atoms with Crippen LogP contribution in [0, 0.1) is 0 Å². The molecule has 21 heavy (non-hydrogen) atoms. The standard InChI is InChI=1S/C17H16N2O2/c1-20-15-10-14(18)16-13(8-5-9-19-16)17(15)21-11-12-6-3-2-4-7-12/h2-10H,11,18H2,1H3. The van der Waals surface area contributed by atoms with Gasteiger partial charge in [-0.2, -0.15) is 0 Å². The first-order valence-corrected chi connectivity index (χ1v) is 6.67. The topological polar surface area (TPSA) is 57.4 Å². The fourth-order valence-electron chi connectivity index (χ4n) is 2.26. The smallest absolute Gasteiger partial charge is 0.171 e. The van der Waals surface area contributed by atoms with Gasteiger partial charge in [0.05, 0.1) is 18.3 Å². The van der Waals surface area contributed by atoms with Gasteiger partial charge in [0.1, 0.15) is 6.61 Å². The summed E-state index contributed by atoms with van der Waals surface area (Å²) in [4.78, 5) is 4.31. The van der Waals surface area contributed by atoms with Crippen LogP contribution in [0.1, 0.15) is 5.56 Å². The minimum Gasteiger partial charge on any atom is -0.493 e. The van der Waals surface area contributed by atoms with Crippen LogP contribution in [0.5, 0.6) is 11.5 Å². The number of anilines is 1. The molecule has 2 aromatic carbocycles. The number of nitrogens with two attached hydrogens (primary N) is 1. The van der Waals surface area contributed by atoms with E-state index in [0.29, 0.717) is 23.8 Å². The number of nitrogen functional groups attached to an aromatic ring is 1. The van der Waals surface area contributed by atoms with Gasteiger partial charge in [0.2, 0.25) is 0 Å². The van der Waals surface area contributed by atoms with Crippen molar-refractivity contribution in [1.29, 1.82) is 0 Å². The predicted molar refractivity (Wildman–Crippen MR) is 83.5 cm³/mol. The van der Waals surface area contributed by atoms with E-state index in [2.05, 4.69) is 4.98 Å². The van der Waals surface area contributed by atoms with Crippen LogP contribution in [0.25, 0.3) is 10.9 Å². The molecule has 1 aromatic heterocycles. The third-order valence-electron chi connectivity index (χ3n) is 3.28. The molecule has 4 heteroatoms. The molecule has 0 saturated heterocycles. The van der Waals surface area contributed by atoms with E-state index >= 15 is 0 Å². The molecule has 3 rings (SSSR count). The fraction of sp³-hybridized carbons (Fsp3) is 0.118. The quantitative estimate of drug-likeness (QED) is 0.744. The normalized spacial score (nSPS) is 10.5. The van der Waals surface area contributed by atoms with Gasteiger partial charge in [0.25, 0.3) is 0 Å². The number of nitrogens with zero attached hydrogens (tertiary/aromatic N) is 1. The Morgan fingerprint density at radius 2 is 1.90 bits per heavy atom. The van der Waals surface area contributed by atoms with E-state index < -0.39 is 0 Å². The maximum Gasteiger partial charge on any atom is 0.171 e. The minimum absolute atomic E-state index is 0.463. The first-order valence-electron chi connectivity index (χ1n) is 6.67. The molecule has 0 spiro atoms. The number of methoxy groups -OCH3 is 1. The molecule has 4 nitrogen and oxygen atoms in total. The molecule has 0 atom stereocenters. The Bertz CT molecular complexity index is 757. The van der Waals surface area contributed by atoms with E-state index in [1.807, 2.05) is 42.5 Å². The van der Waals surface area contributed by atoms with Crippen molar-refractivity contribution in [2.75, 3.05) is 12.8 Å². The highest BCUT2D eigenvalue weighted by molar-refractivity contribution is 5.96. The number of rotatable bonds is 4. The Kier molecular flexibility index (Phi) is 3.60. The highest BCUT2D eigenvalue weighted by atomic mass is 16.5. The summed E-state index contributed by atoms with van der Waals surface area (Å²) in [5.41, 5.74) is 8.40. The minimum atomic E-state index is 0.463. The molecule has 0 fully saturated rings. The van der Waals surface area contributed by atoms with Crippen LogP contribution in [0.2, 0.25) is 0 Å². The lowest BCUT2D eigenvalue weighted by atomic mass is 10.1. The number of hydrogen-bond acceptors (Lipinski definition) is 4. The Morgan fingerprint density at radius 1 is 1.10 bits per heavy atom. The van der Waals surface area contributed by atoms with Gasteiger partial charge in [-0.3, -0.25) is 4.98 Å². The maximum absolute atomic E-state index is 6.01. The van der Waals surface area contributed by atoms with E-state index in [1.165, 1.54) is 0 Å². The molecule has 2 N–H and O–H groups in total. The van der Waals surface area contributed by atoms with E-state index in [9.17, 15) is 0 Å². The molecule has 3 aromatic rings. The average molecular weight is 280 g/mol. The van der Waals surface area contributed by atoms with Crippen LogP contribution in [-0.2, 0) is 6.61 Å². The molecule has 0 saturated carbocycles. The van der Waals surface area contributed by atoms with Crippen molar-refractivity contribution in [2.45, 2.75) is 6.61 Å². The second kappa shape index (κ2) is 5.71. The summed E-state index contributed by atoms with van der Waals surface area (Å²) >= 11 is 0. The van der Waals surface area contributed by atoms with Gasteiger partial charge < -0.3 is 15.2 Å². The summed E-state index contributed by atoms with van der Waals surface area (Å²) in [5.74, 6) is 1.28. The summed E-state index contributed by atoms with van der Waals surface area (Å²) in [7, 11) is 1.60. The third-order valence-corrected chi connectivity index (χ3v) is 3.28. The zero-order valence-electron chi connectivity index (χ0n) is 11.7. The second-order valence-electron chi connectivity index (χ2n) is 4.67. The monoisotopic (exact) mass is 280 g/mol. The molecule has 0 aliphatic rings. The van der Waals surface area contributed by atoms with Crippen molar-refractivity contribution in [3.8, 4) is 11.5 Å². The Labute approximate surface area is 123 Å². The van der Waals surface area contributed by atoms with Crippen LogP contribution in [0.3, 0.4) is 0 Å². The van der Waals surface area contributed by atoms with E-state index in [4.69, 9.17) is 15.2 Å². The van der Waals surface area contributed by atoms with E-state index in [-0.39, 0.29) is 0 Å². The summed E-state index contributed by atoms with van der Waals surface area (Å²) in [6.45, 7) is 0.463. The molecular weight excluding hydrogens is 264 g/mol. The zero-order valence-corrected chi connectivity index (χ0v) is 11.7. The summed E-state index contributed by atoms with van der Waals surface area (Å²) in [6.07, 6.45) is 1.71. The lowest BCUT2D eigenvalue weighted by Gasteiger charge is -2.14. The molecular formula is C17H16N2O2. The first-order chi connectivity index (χ1) is 10.3. The van der Waals surface area contributed by atoms with Crippen molar-refractivity contribution in [3.63, 3.8) is 0 Å². The van der Waals surface area contributed by atoms with Gasteiger partial charge in [0, 0.05) is 17.6 Å². The van der Waals surface area contributed by atoms with Gasteiger partial charge in [-0.05, 0) is 17.7 Å². The lowest BCUT2D eigenvalue weighted by Crippen LogP contribution is -2.00. The largest absolute Gasteiger partial charge is 0.493 e. The number of benzene rings is 2. The zero-order chi connectivity index (χ0) is 14.7. The molecule has 0 aliphatic heterocycles. The van der Waals surface area contributed by atoms with Gasteiger partial charge in [-0.15, -0.1) is 0 Å². The lowest BCUT2D eigenvalue weighted by molar-refractivity contribution is 0.288. The van der Waals surface area contributed by atoms with Gasteiger partial charge in [-0.1, -0.05) is 30.3 Å². The third kappa shape index (κ3) is 2.60. The number of hydrogen-bond donors (Lipinski definition) is 1. The molecule has 1 heterocycles. The highest BCUT2D eigenvalue weighted by Gasteiger charge is 2.13. The highest BCUT2D eigenvalue weighted by Crippen LogP contribution is 2.38. The molecule has 0 aliphatic carbocycles. The van der Waals surface area contributed by atoms with Crippen molar-refractivity contribution in [2.24, 2.45) is 0 Å². The number of pyridine rings is 1. The molecule has 0 radical (unpaired) electrons. The average Bonchev–Trinajstić information content (AvgIpc) is 2.55. The van der Waals surface area contributed by atoms with Gasteiger partial charge >= 0.3 is 0 Å². The summed E-state index contributed by atoms with van der Waals surface area (Å²) in [5, 5.41) is 0.852. The predicted octanol–water partition coefficient (Wildman–Crippen LogP) is 3.40. The number of fused-ring (bicyclic) bond motifs is 1. The first kappa shape index (κ1) is 13.2. The van der Waals surface area contributed by atoms with Gasteiger partial charge in [-0.25, -0.2) is 0 Å². The van der Waals surface area contributed by atoms with Crippen molar-refractivity contribution >= 4 is 16.6 Å². The van der Waals surface area contributed by atoms with Crippen molar-refractivity contribution in [1.82, 2.24) is 4.98 Å². The Morgan fingerprint density at radius 3 is 2.67 bits per heavy atom. The number of aromatic nitrogens is 1.